The van der Waals surface area contributed by atoms with Crippen molar-refractivity contribution in [2.75, 3.05) is 11.4 Å². The zero-order valence-corrected chi connectivity index (χ0v) is 12.9. The lowest BCUT2D eigenvalue weighted by Crippen LogP contribution is -2.58. The molecule has 1 aliphatic rings. The summed E-state index contributed by atoms with van der Waals surface area (Å²) in [4.78, 5) is 26.1. The van der Waals surface area contributed by atoms with Crippen LogP contribution in [-0.4, -0.2) is 24.4 Å². The summed E-state index contributed by atoms with van der Waals surface area (Å²) >= 11 is 1.67. The fraction of sp³-hybridized carbons (Fsp3) is 0.375. The molecule has 0 radical (unpaired) electrons. The molecule has 2 aromatic rings. The zero-order chi connectivity index (χ0) is 15.0. The van der Waals surface area contributed by atoms with E-state index in [9.17, 15) is 9.59 Å². The van der Waals surface area contributed by atoms with E-state index in [0.29, 0.717) is 12.3 Å². The van der Waals surface area contributed by atoms with E-state index in [-0.39, 0.29) is 18.4 Å². The van der Waals surface area contributed by atoms with Gasteiger partial charge in [0.05, 0.1) is 0 Å². The van der Waals surface area contributed by atoms with Crippen molar-refractivity contribution in [2.45, 2.75) is 26.3 Å². The van der Waals surface area contributed by atoms with Gasteiger partial charge in [-0.3, -0.25) is 9.59 Å². The average Bonchev–Trinajstić information content (AvgIpc) is 2.89. The van der Waals surface area contributed by atoms with Gasteiger partial charge in [0.1, 0.15) is 12.6 Å². The van der Waals surface area contributed by atoms with Crippen LogP contribution in [0.3, 0.4) is 0 Å². The van der Waals surface area contributed by atoms with Crippen LogP contribution in [-0.2, 0) is 9.59 Å². The maximum atomic E-state index is 12.6. The molecular formula is C16H18N2O2S. The number of fused-ring (bicyclic) bond motifs is 1. The highest BCUT2D eigenvalue weighted by molar-refractivity contribution is 7.17. The minimum Gasteiger partial charge on any atom is -0.343 e. The highest BCUT2D eigenvalue weighted by Gasteiger charge is 2.33. The van der Waals surface area contributed by atoms with Crippen LogP contribution in [0.2, 0.25) is 0 Å². The number of hydrogen-bond acceptors (Lipinski definition) is 3. The second-order valence-corrected chi connectivity index (χ2v) is 6.76. The van der Waals surface area contributed by atoms with Gasteiger partial charge in [0, 0.05) is 10.4 Å². The lowest BCUT2D eigenvalue weighted by Gasteiger charge is -2.33. The van der Waals surface area contributed by atoms with Crippen molar-refractivity contribution < 1.29 is 9.59 Å². The molecule has 0 saturated carbocycles. The van der Waals surface area contributed by atoms with Gasteiger partial charge in [-0.25, -0.2) is 0 Å². The monoisotopic (exact) mass is 302 g/mol. The topological polar surface area (TPSA) is 49.4 Å². The number of hydrogen-bond donors (Lipinski definition) is 1. The van der Waals surface area contributed by atoms with Gasteiger partial charge in [0.2, 0.25) is 11.8 Å². The molecule has 1 fully saturated rings. The Bertz CT molecular complexity index is 692. The van der Waals surface area contributed by atoms with Crippen LogP contribution < -0.4 is 10.2 Å². The van der Waals surface area contributed by atoms with Crippen LogP contribution in [0.5, 0.6) is 0 Å². The number of anilines is 1. The molecule has 0 bridgehead atoms. The van der Waals surface area contributed by atoms with Gasteiger partial charge in [-0.05, 0) is 47.4 Å². The first-order valence-corrected chi connectivity index (χ1v) is 8.00. The smallest absolute Gasteiger partial charge is 0.250 e. The Morgan fingerprint density at radius 3 is 2.90 bits per heavy atom. The van der Waals surface area contributed by atoms with E-state index in [4.69, 9.17) is 0 Å². The molecule has 3 rings (SSSR count). The standard InChI is InChI=1S/C16H18N2O2S/c1-10(2)7-13-16(20)18(9-15(19)17-13)12-3-4-14-11(8-12)5-6-21-14/h3-6,8,10,13H,7,9H2,1-2H3,(H,17,19). The maximum absolute atomic E-state index is 12.6. The van der Waals surface area contributed by atoms with Crippen molar-refractivity contribution in [1.29, 1.82) is 0 Å². The Morgan fingerprint density at radius 1 is 1.33 bits per heavy atom. The van der Waals surface area contributed by atoms with E-state index in [1.807, 2.05) is 29.6 Å². The number of thiophene rings is 1. The molecule has 0 aliphatic carbocycles. The Labute approximate surface area is 127 Å². The van der Waals surface area contributed by atoms with Gasteiger partial charge < -0.3 is 10.2 Å². The molecule has 2 heterocycles. The number of amides is 2. The highest BCUT2D eigenvalue weighted by Crippen LogP contribution is 2.27. The van der Waals surface area contributed by atoms with Crippen LogP contribution in [0.15, 0.2) is 29.6 Å². The quantitative estimate of drug-likeness (QED) is 0.948. The van der Waals surface area contributed by atoms with Crippen LogP contribution in [0.4, 0.5) is 5.69 Å². The van der Waals surface area contributed by atoms with Crippen molar-refractivity contribution in [3.05, 3.63) is 29.6 Å². The minimum atomic E-state index is -0.413. The van der Waals surface area contributed by atoms with Crippen molar-refractivity contribution in [3.8, 4) is 0 Å². The largest absolute Gasteiger partial charge is 0.343 e. The summed E-state index contributed by atoms with van der Waals surface area (Å²) < 4.78 is 1.19. The molecule has 1 aromatic heterocycles. The number of nitrogens with one attached hydrogen (secondary N) is 1. The Morgan fingerprint density at radius 2 is 2.14 bits per heavy atom. The molecule has 5 heteroatoms. The molecule has 1 unspecified atom stereocenters. The van der Waals surface area contributed by atoms with Gasteiger partial charge in [-0.1, -0.05) is 13.8 Å². The molecule has 1 N–H and O–H groups in total. The van der Waals surface area contributed by atoms with Gasteiger partial charge >= 0.3 is 0 Å². The predicted molar refractivity (Wildman–Crippen MR) is 85.6 cm³/mol. The summed E-state index contributed by atoms with van der Waals surface area (Å²) in [6.45, 7) is 4.20. The van der Waals surface area contributed by atoms with E-state index in [0.717, 1.165) is 11.1 Å². The molecule has 2 amide bonds. The van der Waals surface area contributed by atoms with Crippen LogP contribution in [0, 0.1) is 5.92 Å². The SMILES string of the molecule is CC(C)CC1NC(=O)CN(c2ccc3sccc3c2)C1=O. The third-order valence-electron chi connectivity index (χ3n) is 3.66. The third kappa shape index (κ3) is 2.78. The van der Waals surface area contributed by atoms with Crippen molar-refractivity contribution in [3.63, 3.8) is 0 Å². The molecule has 4 nitrogen and oxygen atoms in total. The molecule has 0 spiro atoms. The summed E-state index contributed by atoms with van der Waals surface area (Å²) in [7, 11) is 0. The first-order chi connectivity index (χ1) is 10.0. The van der Waals surface area contributed by atoms with Gasteiger partial charge in [-0.15, -0.1) is 11.3 Å². The molecular weight excluding hydrogens is 284 g/mol. The number of carbonyl (C=O) groups excluding carboxylic acids is 2. The van der Waals surface area contributed by atoms with Crippen LogP contribution >= 0.6 is 11.3 Å². The Kier molecular flexibility index (Phi) is 3.68. The zero-order valence-electron chi connectivity index (χ0n) is 12.1. The number of piperazine rings is 1. The predicted octanol–water partition coefficient (Wildman–Crippen LogP) is 2.78. The molecule has 1 aliphatic heterocycles. The Hall–Kier alpha value is -1.88. The van der Waals surface area contributed by atoms with Gasteiger partial charge in [0.15, 0.2) is 0 Å². The molecule has 1 atom stereocenters. The first kappa shape index (κ1) is 14.1. The summed E-state index contributed by atoms with van der Waals surface area (Å²) in [6, 6.07) is 7.52. The molecule has 110 valence electrons. The number of benzene rings is 1. The van der Waals surface area contributed by atoms with Crippen molar-refractivity contribution >= 4 is 38.9 Å². The summed E-state index contributed by atoms with van der Waals surface area (Å²) in [5, 5.41) is 5.94. The number of rotatable bonds is 3. The summed E-state index contributed by atoms with van der Waals surface area (Å²) in [5.74, 6) is 0.252. The van der Waals surface area contributed by atoms with Gasteiger partial charge in [0.25, 0.3) is 0 Å². The highest BCUT2D eigenvalue weighted by atomic mass is 32.1. The normalized spacial score (nSPS) is 19.4. The van der Waals surface area contributed by atoms with E-state index < -0.39 is 6.04 Å². The average molecular weight is 302 g/mol. The fourth-order valence-corrected chi connectivity index (χ4v) is 3.45. The van der Waals surface area contributed by atoms with Crippen LogP contribution in [0.1, 0.15) is 20.3 Å². The molecule has 1 saturated heterocycles. The van der Waals surface area contributed by atoms with Crippen molar-refractivity contribution in [2.24, 2.45) is 5.92 Å². The summed E-state index contributed by atoms with van der Waals surface area (Å²) in [5.41, 5.74) is 0.800. The van der Waals surface area contributed by atoms with E-state index in [1.54, 1.807) is 16.2 Å². The van der Waals surface area contributed by atoms with Crippen molar-refractivity contribution in [1.82, 2.24) is 5.32 Å². The van der Waals surface area contributed by atoms with E-state index in [1.165, 1.54) is 4.70 Å². The molecule has 21 heavy (non-hydrogen) atoms. The maximum Gasteiger partial charge on any atom is 0.250 e. The first-order valence-electron chi connectivity index (χ1n) is 7.12. The van der Waals surface area contributed by atoms with Crippen LogP contribution in [0.25, 0.3) is 10.1 Å². The summed E-state index contributed by atoms with van der Waals surface area (Å²) in [6.07, 6.45) is 0.668. The number of nitrogens with zero attached hydrogens (tertiary/aromatic N) is 1. The third-order valence-corrected chi connectivity index (χ3v) is 4.55. The second kappa shape index (κ2) is 5.48. The lowest BCUT2D eigenvalue weighted by molar-refractivity contribution is -0.131. The minimum absolute atomic E-state index is 0.0159. The van der Waals surface area contributed by atoms with E-state index in [2.05, 4.69) is 19.2 Å². The second-order valence-electron chi connectivity index (χ2n) is 5.82. The number of carbonyl (C=O) groups is 2. The Balaban J connectivity index is 1.91. The van der Waals surface area contributed by atoms with Gasteiger partial charge in [-0.2, -0.15) is 0 Å². The lowest BCUT2D eigenvalue weighted by atomic mass is 10.0. The van der Waals surface area contributed by atoms with E-state index >= 15 is 0 Å². The fourth-order valence-electron chi connectivity index (χ4n) is 2.68. The molecule has 1 aromatic carbocycles.